The summed E-state index contributed by atoms with van der Waals surface area (Å²) in [5, 5.41) is 7.86. The number of anilines is 1. The van der Waals surface area contributed by atoms with Crippen LogP contribution in [0.1, 0.15) is 53.5 Å². The Morgan fingerprint density at radius 2 is 1.49 bits per heavy atom. The van der Waals surface area contributed by atoms with Gasteiger partial charge in [-0.15, -0.1) is 0 Å². The van der Waals surface area contributed by atoms with Crippen LogP contribution in [-0.4, -0.2) is 46.5 Å². The lowest BCUT2D eigenvalue weighted by atomic mass is 9.85. The molecule has 0 fully saturated rings. The van der Waals surface area contributed by atoms with E-state index in [0.717, 1.165) is 5.56 Å². The summed E-state index contributed by atoms with van der Waals surface area (Å²) in [7, 11) is 0. The predicted molar refractivity (Wildman–Crippen MR) is 138 cm³/mol. The number of amides is 3. The summed E-state index contributed by atoms with van der Waals surface area (Å²) in [4.78, 5) is 55.3. The molecular formula is C27H36N4O6. The monoisotopic (exact) mass is 512 g/mol. The van der Waals surface area contributed by atoms with Crippen molar-refractivity contribution >= 4 is 29.6 Å². The molecule has 37 heavy (non-hydrogen) atoms. The Labute approximate surface area is 217 Å². The minimum atomic E-state index is -1.34. The number of rotatable bonds is 9. The van der Waals surface area contributed by atoms with E-state index >= 15 is 0 Å². The van der Waals surface area contributed by atoms with E-state index in [9.17, 15) is 19.2 Å². The highest BCUT2D eigenvalue weighted by atomic mass is 16.6. The summed E-state index contributed by atoms with van der Waals surface area (Å²) < 4.78 is 10.6. The molecule has 200 valence electrons. The Morgan fingerprint density at radius 3 is 2.05 bits per heavy atom. The molecule has 10 nitrogen and oxygen atoms in total. The van der Waals surface area contributed by atoms with E-state index in [4.69, 9.17) is 9.47 Å². The average molecular weight is 513 g/mol. The van der Waals surface area contributed by atoms with Gasteiger partial charge in [0.15, 0.2) is 0 Å². The predicted octanol–water partition coefficient (Wildman–Crippen LogP) is 3.58. The van der Waals surface area contributed by atoms with Gasteiger partial charge in [-0.3, -0.25) is 19.4 Å². The van der Waals surface area contributed by atoms with Gasteiger partial charge in [-0.25, -0.2) is 4.79 Å². The third-order valence-corrected chi connectivity index (χ3v) is 4.98. The molecule has 1 aromatic carbocycles. The molecule has 0 aliphatic heterocycles. The zero-order valence-corrected chi connectivity index (χ0v) is 22.2. The minimum Gasteiger partial charge on any atom is -0.461 e. The maximum Gasteiger partial charge on any atom is 0.408 e. The zero-order valence-electron chi connectivity index (χ0n) is 22.2. The summed E-state index contributed by atoms with van der Waals surface area (Å²) in [5.74, 6) is -1.89. The van der Waals surface area contributed by atoms with Crippen LogP contribution in [0.25, 0.3) is 0 Å². The molecule has 10 heteroatoms. The second-order valence-corrected chi connectivity index (χ2v) is 10.6. The molecule has 3 amide bonds. The fraction of sp³-hybridized carbons (Fsp3) is 0.444. The number of ether oxygens (including phenoxy) is 2. The van der Waals surface area contributed by atoms with Crippen molar-refractivity contribution in [2.45, 2.75) is 72.3 Å². The number of pyridine rings is 1. The van der Waals surface area contributed by atoms with Gasteiger partial charge in [-0.2, -0.15) is 0 Å². The van der Waals surface area contributed by atoms with Gasteiger partial charge in [-0.1, -0.05) is 51.1 Å². The van der Waals surface area contributed by atoms with Gasteiger partial charge < -0.3 is 25.4 Å². The van der Waals surface area contributed by atoms with Crippen LogP contribution >= 0.6 is 0 Å². The Balaban J connectivity index is 2.16. The van der Waals surface area contributed by atoms with Gasteiger partial charge in [0, 0.05) is 18.1 Å². The first-order valence-electron chi connectivity index (χ1n) is 11.9. The van der Waals surface area contributed by atoms with Gasteiger partial charge in [0.05, 0.1) is 6.42 Å². The highest BCUT2D eigenvalue weighted by Gasteiger charge is 2.36. The normalized spacial score (nSPS) is 13.0. The number of hydrogen-bond donors (Lipinski definition) is 3. The first kappa shape index (κ1) is 29.3. The summed E-state index contributed by atoms with van der Waals surface area (Å²) in [6, 6.07) is 9.97. The lowest BCUT2D eigenvalue weighted by molar-refractivity contribution is -0.147. The number of hydrogen-bond acceptors (Lipinski definition) is 7. The molecule has 2 unspecified atom stereocenters. The number of carbonyl (C=O) groups is 4. The third-order valence-electron chi connectivity index (χ3n) is 4.98. The van der Waals surface area contributed by atoms with Crippen molar-refractivity contribution in [1.29, 1.82) is 0 Å². The summed E-state index contributed by atoms with van der Waals surface area (Å²) in [6.45, 7) is 10.4. The van der Waals surface area contributed by atoms with Gasteiger partial charge in [-0.05, 0) is 43.9 Å². The van der Waals surface area contributed by atoms with Gasteiger partial charge >= 0.3 is 12.1 Å². The van der Waals surface area contributed by atoms with E-state index in [1.54, 1.807) is 65.8 Å². The number of aromatic nitrogens is 1. The van der Waals surface area contributed by atoms with Crippen molar-refractivity contribution in [1.82, 2.24) is 15.6 Å². The molecule has 0 saturated heterocycles. The van der Waals surface area contributed by atoms with Crippen molar-refractivity contribution in [3.8, 4) is 0 Å². The molecule has 0 bridgehead atoms. The number of benzene rings is 1. The second-order valence-electron chi connectivity index (χ2n) is 10.6. The molecular weight excluding hydrogens is 476 g/mol. The van der Waals surface area contributed by atoms with Crippen LogP contribution < -0.4 is 16.0 Å². The largest absolute Gasteiger partial charge is 0.461 e. The number of alkyl carbamates (subject to hydrolysis) is 1. The second kappa shape index (κ2) is 12.8. The third kappa shape index (κ3) is 10.7. The van der Waals surface area contributed by atoms with Crippen LogP contribution in [-0.2, 0) is 30.5 Å². The van der Waals surface area contributed by atoms with Crippen LogP contribution in [0.15, 0.2) is 54.9 Å². The standard InChI is InChI=1S/C27H36N4O6/c1-26(2,3)22(24(34)29-19-12-14-28-15-13-19)31-23(33)20(30-25(35)37-27(4,5)6)16-21(32)36-17-18-10-8-7-9-11-18/h7-15,20,22H,16-17H2,1-6H3,(H,30,35)(H,31,33)(H,28,29,34). The smallest absolute Gasteiger partial charge is 0.408 e. The molecule has 0 saturated carbocycles. The summed E-state index contributed by atoms with van der Waals surface area (Å²) in [6.07, 6.45) is 1.72. The molecule has 0 radical (unpaired) electrons. The molecule has 1 heterocycles. The Morgan fingerprint density at radius 1 is 0.865 bits per heavy atom. The number of nitrogens with zero attached hydrogens (tertiary/aromatic N) is 1. The molecule has 0 aliphatic rings. The quantitative estimate of drug-likeness (QED) is 0.437. The maximum atomic E-state index is 13.3. The number of carbonyl (C=O) groups excluding carboxylic acids is 4. The van der Waals surface area contributed by atoms with E-state index < -0.39 is 53.4 Å². The van der Waals surface area contributed by atoms with Crippen molar-refractivity contribution in [3.05, 3.63) is 60.4 Å². The van der Waals surface area contributed by atoms with Crippen LogP contribution in [0.3, 0.4) is 0 Å². The fourth-order valence-corrected chi connectivity index (χ4v) is 3.19. The Kier molecular flexibility index (Phi) is 10.2. The first-order valence-corrected chi connectivity index (χ1v) is 11.9. The highest BCUT2D eigenvalue weighted by molar-refractivity contribution is 5.99. The minimum absolute atomic E-state index is 0.0133. The lowest BCUT2D eigenvalue weighted by Crippen LogP contribution is -2.57. The maximum absolute atomic E-state index is 13.3. The van der Waals surface area contributed by atoms with Crippen LogP contribution in [0.2, 0.25) is 0 Å². The summed E-state index contributed by atoms with van der Waals surface area (Å²) >= 11 is 0. The highest BCUT2D eigenvalue weighted by Crippen LogP contribution is 2.21. The number of esters is 1. The summed E-state index contributed by atoms with van der Waals surface area (Å²) in [5.41, 5.74) is -0.233. The van der Waals surface area contributed by atoms with Crippen LogP contribution in [0.4, 0.5) is 10.5 Å². The molecule has 2 rings (SSSR count). The Bertz CT molecular complexity index is 1060. The molecule has 1 aromatic heterocycles. The molecule has 0 aliphatic carbocycles. The van der Waals surface area contributed by atoms with Crippen molar-refractivity contribution in [3.63, 3.8) is 0 Å². The van der Waals surface area contributed by atoms with E-state index in [1.165, 1.54) is 12.4 Å². The lowest BCUT2D eigenvalue weighted by Gasteiger charge is -2.32. The molecule has 2 aromatic rings. The van der Waals surface area contributed by atoms with Crippen LogP contribution in [0.5, 0.6) is 0 Å². The van der Waals surface area contributed by atoms with Crippen molar-refractivity contribution in [2.24, 2.45) is 5.41 Å². The van der Waals surface area contributed by atoms with Gasteiger partial charge in [0.25, 0.3) is 0 Å². The molecule has 2 atom stereocenters. The fourth-order valence-electron chi connectivity index (χ4n) is 3.19. The van der Waals surface area contributed by atoms with Gasteiger partial charge in [0.1, 0.15) is 24.3 Å². The van der Waals surface area contributed by atoms with E-state index in [2.05, 4.69) is 20.9 Å². The van der Waals surface area contributed by atoms with Crippen LogP contribution in [0, 0.1) is 5.41 Å². The van der Waals surface area contributed by atoms with Crippen molar-refractivity contribution in [2.75, 3.05) is 5.32 Å². The zero-order chi connectivity index (χ0) is 27.6. The first-order chi connectivity index (χ1) is 17.2. The topological polar surface area (TPSA) is 136 Å². The van der Waals surface area contributed by atoms with E-state index in [0.29, 0.717) is 5.69 Å². The van der Waals surface area contributed by atoms with E-state index in [1.807, 2.05) is 18.2 Å². The number of nitrogens with one attached hydrogen (secondary N) is 3. The SMILES string of the molecule is CC(C)(C)OC(=O)NC(CC(=O)OCc1ccccc1)C(=O)NC(C(=O)Nc1ccncc1)C(C)(C)C. The Hall–Kier alpha value is -3.95. The van der Waals surface area contributed by atoms with Crippen molar-refractivity contribution < 1.29 is 28.7 Å². The molecule has 0 spiro atoms. The molecule has 3 N–H and O–H groups in total. The van der Waals surface area contributed by atoms with E-state index in [-0.39, 0.29) is 6.61 Å². The van der Waals surface area contributed by atoms with Gasteiger partial charge in [0.2, 0.25) is 11.8 Å². The average Bonchev–Trinajstić information content (AvgIpc) is 2.80.